The van der Waals surface area contributed by atoms with E-state index in [0.29, 0.717) is 10.9 Å². The molecule has 0 aliphatic carbocycles. The number of rotatable bonds is 3. The molecule has 0 aliphatic rings. The summed E-state index contributed by atoms with van der Waals surface area (Å²) >= 11 is 9.28. The van der Waals surface area contributed by atoms with Gasteiger partial charge in [0.05, 0.1) is 11.7 Å². The second kappa shape index (κ2) is 5.03. The van der Waals surface area contributed by atoms with Crippen molar-refractivity contribution >= 4 is 39.2 Å². The van der Waals surface area contributed by atoms with Gasteiger partial charge in [0, 0.05) is 9.50 Å². The van der Waals surface area contributed by atoms with Crippen LogP contribution >= 0.6 is 27.5 Å². The van der Waals surface area contributed by atoms with Gasteiger partial charge in [-0.15, -0.1) is 5.10 Å². The largest absolute Gasteiger partial charge is 0.406 e. The first-order valence-electron chi connectivity index (χ1n) is 4.87. The molecule has 0 bridgehead atoms. The second-order valence-corrected chi connectivity index (χ2v) is 4.77. The molecule has 1 aromatic heterocycles. The smallest absolute Gasteiger partial charge is 0.320 e. The van der Waals surface area contributed by atoms with Crippen molar-refractivity contribution in [3.05, 3.63) is 33.6 Å². The van der Waals surface area contributed by atoms with Crippen molar-refractivity contribution < 1.29 is 4.42 Å². The third-order valence-corrected chi connectivity index (χ3v) is 2.93. The highest BCUT2D eigenvalue weighted by atomic mass is 79.9. The minimum atomic E-state index is -0.291. The molecule has 0 aliphatic heterocycles. The molecule has 0 spiro atoms. The first-order chi connectivity index (χ1) is 8.06. The molecule has 1 heterocycles. The van der Waals surface area contributed by atoms with Crippen LogP contribution in [0.5, 0.6) is 0 Å². The summed E-state index contributed by atoms with van der Waals surface area (Å²) in [5, 5.41) is 11.2. The molecular formula is C10H10BrClN4O. The average molecular weight is 318 g/mol. The van der Waals surface area contributed by atoms with Crippen LogP contribution in [0.3, 0.4) is 0 Å². The fourth-order valence-corrected chi connectivity index (χ4v) is 1.70. The van der Waals surface area contributed by atoms with Gasteiger partial charge in [0.15, 0.2) is 0 Å². The number of benzene rings is 1. The number of hydrogen-bond acceptors (Lipinski definition) is 5. The van der Waals surface area contributed by atoms with Gasteiger partial charge in [0.1, 0.15) is 0 Å². The maximum atomic E-state index is 5.89. The van der Waals surface area contributed by atoms with Crippen molar-refractivity contribution in [1.82, 2.24) is 10.2 Å². The van der Waals surface area contributed by atoms with E-state index in [1.165, 1.54) is 0 Å². The first kappa shape index (κ1) is 12.3. The Labute approximate surface area is 111 Å². The lowest BCUT2D eigenvalue weighted by molar-refractivity contribution is 0.475. The van der Waals surface area contributed by atoms with Gasteiger partial charge in [0.2, 0.25) is 5.89 Å². The lowest BCUT2D eigenvalue weighted by Gasteiger charge is -2.04. The quantitative estimate of drug-likeness (QED) is 0.908. The van der Waals surface area contributed by atoms with Gasteiger partial charge in [-0.2, -0.15) is 0 Å². The van der Waals surface area contributed by atoms with E-state index in [9.17, 15) is 0 Å². The predicted octanol–water partition coefficient (Wildman–Crippen LogP) is 3.25. The molecule has 2 aromatic rings. The SMILES string of the molecule is CC(N)c1nnc(Nc2cc(Cl)ccc2Br)o1. The zero-order chi connectivity index (χ0) is 12.4. The van der Waals surface area contributed by atoms with Gasteiger partial charge in [-0.25, -0.2) is 0 Å². The van der Waals surface area contributed by atoms with E-state index in [1.807, 2.05) is 6.07 Å². The number of aromatic nitrogens is 2. The van der Waals surface area contributed by atoms with Gasteiger partial charge in [-0.3, -0.25) is 0 Å². The molecule has 5 nitrogen and oxygen atoms in total. The van der Waals surface area contributed by atoms with Gasteiger partial charge in [-0.1, -0.05) is 16.7 Å². The van der Waals surface area contributed by atoms with E-state index < -0.39 is 0 Å². The predicted molar refractivity (Wildman–Crippen MR) is 69.3 cm³/mol. The van der Waals surface area contributed by atoms with Crippen molar-refractivity contribution in [3.63, 3.8) is 0 Å². The number of halogens is 2. The highest BCUT2D eigenvalue weighted by Gasteiger charge is 2.11. The Morgan fingerprint density at radius 2 is 2.24 bits per heavy atom. The van der Waals surface area contributed by atoms with E-state index in [1.54, 1.807) is 19.1 Å². The standard InChI is InChI=1S/C10H10BrClN4O/c1-5(13)9-15-16-10(17-9)14-8-4-6(12)2-3-7(8)11/h2-5H,13H2,1H3,(H,14,16). The summed E-state index contributed by atoms with van der Waals surface area (Å²) in [5.74, 6) is 0.380. The van der Waals surface area contributed by atoms with Crippen molar-refractivity contribution in [3.8, 4) is 0 Å². The van der Waals surface area contributed by atoms with Crippen molar-refractivity contribution in [2.45, 2.75) is 13.0 Å². The molecular weight excluding hydrogens is 307 g/mol. The summed E-state index contributed by atoms with van der Waals surface area (Å²) in [4.78, 5) is 0. The number of anilines is 2. The third kappa shape index (κ3) is 2.96. The normalized spacial score (nSPS) is 12.5. The Morgan fingerprint density at radius 1 is 1.47 bits per heavy atom. The molecule has 1 atom stereocenters. The fourth-order valence-electron chi connectivity index (χ4n) is 1.18. The van der Waals surface area contributed by atoms with Crippen LogP contribution in [0.25, 0.3) is 0 Å². The molecule has 1 unspecified atom stereocenters. The van der Waals surface area contributed by atoms with Crippen LogP contribution in [-0.2, 0) is 0 Å². The molecule has 2 rings (SSSR count). The summed E-state index contributed by atoms with van der Waals surface area (Å²) in [6.45, 7) is 1.77. The number of nitrogens with one attached hydrogen (secondary N) is 1. The Kier molecular flexibility index (Phi) is 3.66. The van der Waals surface area contributed by atoms with Gasteiger partial charge >= 0.3 is 6.01 Å². The van der Waals surface area contributed by atoms with Crippen LogP contribution in [0, 0.1) is 0 Å². The maximum Gasteiger partial charge on any atom is 0.320 e. The molecule has 0 fully saturated rings. The van der Waals surface area contributed by atoms with Gasteiger partial charge < -0.3 is 15.5 Å². The van der Waals surface area contributed by atoms with Crippen molar-refractivity contribution in [2.75, 3.05) is 5.32 Å². The zero-order valence-corrected chi connectivity index (χ0v) is 11.3. The summed E-state index contributed by atoms with van der Waals surface area (Å²) < 4.78 is 6.17. The van der Waals surface area contributed by atoms with E-state index in [0.717, 1.165) is 10.2 Å². The van der Waals surface area contributed by atoms with Crippen LogP contribution in [0.1, 0.15) is 18.9 Å². The van der Waals surface area contributed by atoms with Crippen LogP contribution < -0.4 is 11.1 Å². The van der Waals surface area contributed by atoms with Gasteiger partial charge in [0.25, 0.3) is 0 Å². The summed E-state index contributed by atoms with van der Waals surface area (Å²) in [6.07, 6.45) is 0. The molecule has 90 valence electrons. The van der Waals surface area contributed by atoms with Crippen LogP contribution in [0.4, 0.5) is 11.7 Å². The fraction of sp³-hybridized carbons (Fsp3) is 0.200. The minimum absolute atomic E-state index is 0.278. The minimum Gasteiger partial charge on any atom is -0.406 e. The Hall–Kier alpha value is -1.11. The molecule has 7 heteroatoms. The monoisotopic (exact) mass is 316 g/mol. The van der Waals surface area contributed by atoms with Crippen molar-refractivity contribution in [1.29, 1.82) is 0 Å². The molecule has 1 aromatic carbocycles. The Morgan fingerprint density at radius 3 is 2.88 bits per heavy atom. The Bertz CT molecular complexity index is 529. The van der Waals surface area contributed by atoms with E-state index in [4.69, 9.17) is 21.8 Å². The zero-order valence-electron chi connectivity index (χ0n) is 8.95. The van der Waals surface area contributed by atoms with Crippen LogP contribution in [-0.4, -0.2) is 10.2 Å². The van der Waals surface area contributed by atoms with E-state index >= 15 is 0 Å². The maximum absolute atomic E-state index is 5.89. The lowest BCUT2D eigenvalue weighted by atomic mass is 10.3. The third-order valence-electron chi connectivity index (χ3n) is 2.00. The van der Waals surface area contributed by atoms with Crippen LogP contribution in [0.2, 0.25) is 5.02 Å². The van der Waals surface area contributed by atoms with Crippen LogP contribution in [0.15, 0.2) is 27.1 Å². The molecule has 0 saturated heterocycles. The average Bonchev–Trinajstić information content (AvgIpc) is 2.72. The molecule has 0 amide bonds. The number of hydrogen-bond donors (Lipinski definition) is 2. The first-order valence-corrected chi connectivity index (χ1v) is 6.04. The molecule has 0 radical (unpaired) electrons. The summed E-state index contributed by atoms with van der Waals surface area (Å²) in [7, 11) is 0. The Balaban J connectivity index is 2.22. The second-order valence-electron chi connectivity index (χ2n) is 3.48. The molecule has 0 saturated carbocycles. The van der Waals surface area contributed by atoms with Crippen molar-refractivity contribution in [2.24, 2.45) is 5.73 Å². The molecule has 3 N–H and O–H groups in total. The molecule has 17 heavy (non-hydrogen) atoms. The topological polar surface area (TPSA) is 77.0 Å². The lowest BCUT2D eigenvalue weighted by Crippen LogP contribution is -2.04. The van der Waals surface area contributed by atoms with E-state index in [2.05, 4.69) is 31.4 Å². The summed E-state index contributed by atoms with van der Waals surface area (Å²) in [5.41, 5.74) is 6.37. The summed E-state index contributed by atoms with van der Waals surface area (Å²) in [6, 6.07) is 5.34. The highest BCUT2D eigenvalue weighted by molar-refractivity contribution is 9.10. The van der Waals surface area contributed by atoms with Gasteiger partial charge in [-0.05, 0) is 41.1 Å². The van der Waals surface area contributed by atoms with E-state index in [-0.39, 0.29) is 12.1 Å². The number of nitrogens with two attached hydrogens (primary N) is 1. The number of nitrogens with zero attached hydrogens (tertiary/aromatic N) is 2. The highest BCUT2D eigenvalue weighted by Crippen LogP contribution is 2.28.